The highest BCUT2D eigenvalue weighted by atomic mass is 16.5. The monoisotopic (exact) mass is 264 g/mol. The number of aliphatic hydroxyl groups is 1. The summed E-state index contributed by atoms with van der Waals surface area (Å²) < 4.78 is 5.56. The van der Waals surface area contributed by atoms with Gasteiger partial charge in [-0.25, -0.2) is 0 Å². The van der Waals surface area contributed by atoms with Crippen LogP contribution in [0.5, 0.6) is 5.75 Å². The van der Waals surface area contributed by atoms with Gasteiger partial charge in [0.1, 0.15) is 6.61 Å². The number of fused-ring (bicyclic) bond motifs is 1. The molecule has 19 heavy (non-hydrogen) atoms. The van der Waals surface area contributed by atoms with Gasteiger partial charge in [-0.2, -0.15) is 0 Å². The molecular weight excluding hydrogens is 244 g/mol. The summed E-state index contributed by atoms with van der Waals surface area (Å²) in [6.07, 6.45) is -0.643. The van der Waals surface area contributed by atoms with Gasteiger partial charge in [-0.15, -0.1) is 0 Å². The van der Waals surface area contributed by atoms with Crippen molar-refractivity contribution in [3.8, 4) is 5.75 Å². The Bertz CT molecular complexity index is 484. The van der Waals surface area contributed by atoms with E-state index in [4.69, 9.17) is 4.74 Å². The summed E-state index contributed by atoms with van der Waals surface area (Å²) in [5.74, 6) is 0.332. The lowest BCUT2D eigenvalue weighted by Crippen LogP contribution is -2.51. The van der Waals surface area contributed by atoms with Crippen LogP contribution in [0.2, 0.25) is 0 Å². The topological polar surface area (TPSA) is 70.6 Å². The molecule has 5 nitrogen and oxygen atoms in total. The number of hydrogen-bond acceptors (Lipinski definition) is 4. The van der Waals surface area contributed by atoms with Crippen LogP contribution < -0.4 is 15.4 Å². The Morgan fingerprint density at radius 2 is 2.26 bits per heavy atom. The first-order valence-corrected chi connectivity index (χ1v) is 6.42. The second kappa shape index (κ2) is 5.09. The molecule has 1 aliphatic heterocycles. The second-order valence-electron chi connectivity index (χ2n) is 5.31. The summed E-state index contributed by atoms with van der Waals surface area (Å²) in [4.78, 5) is 12.3. The molecule has 1 aromatic rings. The van der Waals surface area contributed by atoms with Crippen LogP contribution in [0.1, 0.15) is 31.1 Å². The van der Waals surface area contributed by atoms with Gasteiger partial charge < -0.3 is 20.5 Å². The van der Waals surface area contributed by atoms with Crippen LogP contribution >= 0.6 is 0 Å². The lowest BCUT2D eigenvalue weighted by molar-refractivity contribution is 0.0706. The summed E-state index contributed by atoms with van der Waals surface area (Å²) in [7, 11) is 0. The van der Waals surface area contributed by atoms with E-state index in [0.717, 1.165) is 12.2 Å². The van der Waals surface area contributed by atoms with Crippen molar-refractivity contribution in [3.05, 3.63) is 23.8 Å². The van der Waals surface area contributed by atoms with Crippen LogP contribution in [0.4, 0.5) is 5.69 Å². The largest absolute Gasteiger partial charge is 0.489 e. The molecule has 2 rings (SSSR count). The molecule has 1 unspecified atom stereocenters. The molecule has 1 aliphatic rings. The SMILES string of the molecule is CC(O)C(C)(C)NC(=O)c1cccc2c1OCCN2. The van der Waals surface area contributed by atoms with Crippen LogP contribution in [0, 0.1) is 0 Å². The summed E-state index contributed by atoms with van der Waals surface area (Å²) in [5, 5.41) is 15.7. The molecule has 0 saturated heterocycles. The van der Waals surface area contributed by atoms with Crippen LogP contribution in [0.15, 0.2) is 18.2 Å². The van der Waals surface area contributed by atoms with Gasteiger partial charge in [0.2, 0.25) is 0 Å². The maximum Gasteiger partial charge on any atom is 0.255 e. The van der Waals surface area contributed by atoms with Gasteiger partial charge in [0.25, 0.3) is 5.91 Å². The van der Waals surface area contributed by atoms with Crippen molar-refractivity contribution >= 4 is 11.6 Å². The first-order chi connectivity index (χ1) is 8.92. The van der Waals surface area contributed by atoms with Crippen molar-refractivity contribution < 1.29 is 14.6 Å². The number of amides is 1. The molecule has 1 atom stereocenters. The number of carbonyl (C=O) groups is 1. The molecule has 1 aromatic carbocycles. The summed E-state index contributed by atoms with van der Waals surface area (Å²) >= 11 is 0. The highest BCUT2D eigenvalue weighted by Gasteiger charge is 2.28. The van der Waals surface area contributed by atoms with Gasteiger partial charge in [0.15, 0.2) is 5.75 Å². The molecule has 0 radical (unpaired) electrons. The minimum atomic E-state index is -0.693. The number of nitrogens with one attached hydrogen (secondary N) is 2. The molecule has 0 bridgehead atoms. The van der Waals surface area contributed by atoms with E-state index in [1.54, 1.807) is 26.8 Å². The molecule has 1 heterocycles. The van der Waals surface area contributed by atoms with Crippen LogP contribution in [0.3, 0.4) is 0 Å². The van der Waals surface area contributed by atoms with Crippen LogP contribution in [0.25, 0.3) is 0 Å². The van der Waals surface area contributed by atoms with Crippen LogP contribution in [-0.2, 0) is 0 Å². The highest BCUT2D eigenvalue weighted by Crippen LogP contribution is 2.31. The van der Waals surface area contributed by atoms with Gasteiger partial charge in [-0.05, 0) is 32.9 Å². The third kappa shape index (κ3) is 2.81. The molecule has 0 saturated carbocycles. The summed E-state index contributed by atoms with van der Waals surface area (Å²) in [6, 6.07) is 5.41. The molecule has 0 spiro atoms. The minimum Gasteiger partial charge on any atom is -0.489 e. The number of rotatable bonds is 3. The Labute approximate surface area is 113 Å². The third-order valence-corrected chi connectivity index (χ3v) is 3.40. The molecular formula is C14H20N2O3. The van der Waals surface area contributed by atoms with E-state index in [0.29, 0.717) is 17.9 Å². The maximum atomic E-state index is 12.3. The van der Waals surface area contributed by atoms with E-state index in [1.807, 2.05) is 12.1 Å². The number of aliphatic hydroxyl groups excluding tert-OH is 1. The van der Waals surface area contributed by atoms with Crippen molar-refractivity contribution in [3.63, 3.8) is 0 Å². The van der Waals surface area contributed by atoms with Crippen molar-refractivity contribution in [2.75, 3.05) is 18.5 Å². The average Bonchev–Trinajstić information content (AvgIpc) is 2.37. The number of hydrogen-bond donors (Lipinski definition) is 3. The van der Waals surface area contributed by atoms with E-state index in [-0.39, 0.29) is 5.91 Å². The average molecular weight is 264 g/mol. The molecule has 5 heteroatoms. The van der Waals surface area contributed by atoms with Gasteiger partial charge in [0, 0.05) is 6.54 Å². The number of para-hydroxylation sites is 1. The zero-order valence-corrected chi connectivity index (χ0v) is 11.5. The summed E-state index contributed by atoms with van der Waals surface area (Å²) in [5.41, 5.74) is 0.620. The number of carbonyl (C=O) groups excluding carboxylic acids is 1. The lowest BCUT2D eigenvalue weighted by Gasteiger charge is -2.30. The quantitative estimate of drug-likeness (QED) is 0.771. The van der Waals surface area contributed by atoms with Crippen LogP contribution in [-0.4, -0.2) is 35.8 Å². The zero-order valence-electron chi connectivity index (χ0n) is 11.5. The van der Waals surface area contributed by atoms with Crippen molar-refractivity contribution in [2.24, 2.45) is 0 Å². The Hall–Kier alpha value is -1.75. The normalized spacial score (nSPS) is 15.8. The molecule has 3 N–H and O–H groups in total. The smallest absolute Gasteiger partial charge is 0.255 e. The van der Waals surface area contributed by atoms with Gasteiger partial charge >= 0.3 is 0 Å². The van der Waals surface area contributed by atoms with Crippen molar-refractivity contribution in [1.29, 1.82) is 0 Å². The first kappa shape index (κ1) is 13.7. The molecule has 0 aliphatic carbocycles. The predicted octanol–water partition coefficient (Wildman–Crippen LogP) is 1.38. The van der Waals surface area contributed by atoms with Gasteiger partial charge in [0.05, 0.1) is 22.9 Å². The fourth-order valence-electron chi connectivity index (χ4n) is 1.81. The lowest BCUT2D eigenvalue weighted by atomic mass is 9.98. The van der Waals surface area contributed by atoms with E-state index in [9.17, 15) is 9.90 Å². The second-order valence-corrected chi connectivity index (χ2v) is 5.31. The molecule has 1 amide bonds. The highest BCUT2D eigenvalue weighted by molar-refractivity contribution is 5.99. The Kier molecular flexibility index (Phi) is 3.66. The third-order valence-electron chi connectivity index (χ3n) is 3.40. The van der Waals surface area contributed by atoms with Crippen molar-refractivity contribution in [2.45, 2.75) is 32.4 Å². The first-order valence-electron chi connectivity index (χ1n) is 6.42. The minimum absolute atomic E-state index is 0.244. The zero-order chi connectivity index (χ0) is 14.0. The van der Waals surface area contributed by atoms with E-state index >= 15 is 0 Å². The Morgan fingerprint density at radius 3 is 2.95 bits per heavy atom. The summed E-state index contributed by atoms with van der Waals surface area (Å²) in [6.45, 7) is 6.49. The number of benzene rings is 1. The Balaban J connectivity index is 2.25. The van der Waals surface area contributed by atoms with E-state index in [2.05, 4.69) is 10.6 Å². The van der Waals surface area contributed by atoms with Gasteiger partial charge in [-0.1, -0.05) is 6.07 Å². The predicted molar refractivity (Wildman–Crippen MR) is 73.7 cm³/mol. The standard InChI is InChI=1S/C14H20N2O3/c1-9(17)14(2,3)16-13(18)10-5-4-6-11-12(10)19-8-7-15-11/h4-6,9,15,17H,7-8H2,1-3H3,(H,16,18). The maximum absolute atomic E-state index is 12.3. The van der Waals surface area contributed by atoms with E-state index < -0.39 is 11.6 Å². The molecule has 104 valence electrons. The van der Waals surface area contributed by atoms with Crippen molar-refractivity contribution in [1.82, 2.24) is 5.32 Å². The fraction of sp³-hybridized carbons (Fsp3) is 0.500. The Morgan fingerprint density at radius 1 is 1.53 bits per heavy atom. The fourth-order valence-corrected chi connectivity index (χ4v) is 1.81. The molecule has 0 aromatic heterocycles. The van der Waals surface area contributed by atoms with Gasteiger partial charge in [-0.3, -0.25) is 4.79 Å². The molecule has 0 fully saturated rings. The number of anilines is 1. The van der Waals surface area contributed by atoms with E-state index in [1.165, 1.54) is 0 Å². The number of ether oxygens (including phenoxy) is 1.